The van der Waals surface area contributed by atoms with Crippen molar-refractivity contribution < 1.29 is 8.42 Å². The summed E-state index contributed by atoms with van der Waals surface area (Å²) in [6.07, 6.45) is 6.67. The summed E-state index contributed by atoms with van der Waals surface area (Å²) in [6.45, 7) is 3.94. The van der Waals surface area contributed by atoms with E-state index in [4.69, 9.17) is 0 Å². The Morgan fingerprint density at radius 3 is 2.77 bits per heavy atom. The van der Waals surface area contributed by atoms with Gasteiger partial charge >= 0.3 is 0 Å². The van der Waals surface area contributed by atoms with Crippen molar-refractivity contribution in [3.05, 3.63) is 17.1 Å². The Kier molecular flexibility index (Phi) is 4.36. The molecule has 0 spiro atoms. The van der Waals surface area contributed by atoms with E-state index < -0.39 is 10.0 Å². The highest BCUT2D eigenvalue weighted by Crippen LogP contribution is 2.26. The summed E-state index contributed by atoms with van der Waals surface area (Å²) < 4.78 is 24.7. The summed E-state index contributed by atoms with van der Waals surface area (Å²) in [6, 6.07) is 0. The molecule has 22 heavy (non-hydrogen) atoms. The number of fused-ring (bicyclic) bond motifs is 1. The molecule has 1 atom stereocenters. The number of hydrogen-bond acceptors (Lipinski definition) is 5. The van der Waals surface area contributed by atoms with Crippen molar-refractivity contribution in [1.29, 1.82) is 0 Å². The maximum Gasteiger partial charge on any atom is 0.211 e. The lowest BCUT2D eigenvalue weighted by Crippen LogP contribution is -2.28. The second-order valence-corrected chi connectivity index (χ2v) is 8.39. The largest absolute Gasteiger partial charge is 0.369 e. The van der Waals surface area contributed by atoms with Gasteiger partial charge in [0.15, 0.2) is 0 Å². The van der Waals surface area contributed by atoms with Gasteiger partial charge in [-0.1, -0.05) is 0 Å². The molecule has 6 nitrogen and oxygen atoms in total. The van der Waals surface area contributed by atoms with Crippen LogP contribution < -0.4 is 5.32 Å². The Balaban J connectivity index is 1.66. The highest BCUT2D eigenvalue weighted by Gasteiger charge is 2.28. The van der Waals surface area contributed by atoms with Crippen LogP contribution in [0.5, 0.6) is 0 Å². The minimum absolute atomic E-state index is 0.351. The molecule has 0 aromatic carbocycles. The van der Waals surface area contributed by atoms with Crippen LogP contribution in [0.4, 0.5) is 5.82 Å². The third-order valence-corrected chi connectivity index (χ3v) is 5.84. The van der Waals surface area contributed by atoms with E-state index in [1.54, 1.807) is 4.31 Å². The van der Waals surface area contributed by atoms with Gasteiger partial charge in [0.1, 0.15) is 11.6 Å². The predicted molar refractivity (Wildman–Crippen MR) is 86.4 cm³/mol. The molecule has 1 aromatic heterocycles. The molecule has 3 rings (SSSR count). The molecular formula is C15H24N4O2S. The lowest BCUT2D eigenvalue weighted by molar-refractivity contribution is 0.466. The Bertz CT molecular complexity index is 660. The van der Waals surface area contributed by atoms with Crippen molar-refractivity contribution in [2.24, 2.45) is 5.92 Å². The zero-order valence-corrected chi connectivity index (χ0v) is 14.1. The maximum absolute atomic E-state index is 11.6. The van der Waals surface area contributed by atoms with Crippen LogP contribution in [0.3, 0.4) is 0 Å². The van der Waals surface area contributed by atoms with Crippen LogP contribution in [0, 0.1) is 12.8 Å². The second kappa shape index (κ2) is 6.12. The van der Waals surface area contributed by atoms with Gasteiger partial charge in [0.2, 0.25) is 10.0 Å². The average Bonchev–Trinajstić information content (AvgIpc) is 2.93. The van der Waals surface area contributed by atoms with E-state index in [9.17, 15) is 8.42 Å². The molecule has 0 saturated carbocycles. The van der Waals surface area contributed by atoms with Crippen molar-refractivity contribution in [2.75, 3.05) is 31.2 Å². The molecule has 1 aliphatic carbocycles. The lowest BCUT2D eigenvalue weighted by atomic mass is 9.96. The monoisotopic (exact) mass is 324 g/mol. The summed E-state index contributed by atoms with van der Waals surface area (Å²) in [7, 11) is -3.06. The molecule has 0 bridgehead atoms. The Hall–Kier alpha value is -1.21. The van der Waals surface area contributed by atoms with Crippen molar-refractivity contribution in [3.8, 4) is 0 Å². The van der Waals surface area contributed by atoms with Gasteiger partial charge in [-0.15, -0.1) is 0 Å². The van der Waals surface area contributed by atoms with Crippen LogP contribution in [0.2, 0.25) is 0 Å². The SMILES string of the molecule is Cc1nc2c(c(NCC3CCN(S(C)(=O)=O)C3)n1)CCCC2. The van der Waals surface area contributed by atoms with Crippen LogP contribution in [0.25, 0.3) is 0 Å². The number of rotatable bonds is 4. The van der Waals surface area contributed by atoms with Crippen LogP contribution in [0.15, 0.2) is 0 Å². The van der Waals surface area contributed by atoms with Crippen LogP contribution in [0.1, 0.15) is 36.3 Å². The fourth-order valence-electron chi connectivity index (χ4n) is 3.37. The maximum atomic E-state index is 11.6. The molecule has 1 saturated heterocycles. The first-order valence-electron chi connectivity index (χ1n) is 7.99. The first-order valence-corrected chi connectivity index (χ1v) is 9.83. The van der Waals surface area contributed by atoms with E-state index in [1.807, 2.05) is 6.92 Å². The second-order valence-electron chi connectivity index (χ2n) is 6.41. The minimum atomic E-state index is -3.06. The van der Waals surface area contributed by atoms with Crippen LogP contribution in [-0.2, 0) is 22.9 Å². The molecule has 122 valence electrons. The van der Waals surface area contributed by atoms with Gasteiger partial charge in [-0.05, 0) is 44.9 Å². The smallest absolute Gasteiger partial charge is 0.211 e. The Morgan fingerprint density at radius 1 is 1.27 bits per heavy atom. The molecule has 1 aromatic rings. The number of nitrogens with zero attached hydrogens (tertiary/aromatic N) is 3. The van der Waals surface area contributed by atoms with Crippen LogP contribution in [-0.4, -0.2) is 48.6 Å². The highest BCUT2D eigenvalue weighted by atomic mass is 32.2. The molecule has 7 heteroatoms. The fraction of sp³-hybridized carbons (Fsp3) is 0.733. The molecule has 1 N–H and O–H groups in total. The third-order valence-electron chi connectivity index (χ3n) is 4.57. The van der Waals surface area contributed by atoms with E-state index >= 15 is 0 Å². The predicted octanol–water partition coefficient (Wildman–Crippen LogP) is 1.36. The number of hydrogen-bond donors (Lipinski definition) is 1. The lowest BCUT2D eigenvalue weighted by Gasteiger charge is -2.20. The van der Waals surface area contributed by atoms with Gasteiger partial charge in [0, 0.05) is 30.9 Å². The number of anilines is 1. The molecule has 0 amide bonds. The third kappa shape index (κ3) is 3.41. The summed E-state index contributed by atoms with van der Waals surface area (Å²) >= 11 is 0. The molecule has 2 aliphatic rings. The average molecular weight is 324 g/mol. The van der Waals surface area contributed by atoms with Gasteiger partial charge in [0.05, 0.1) is 6.26 Å². The Morgan fingerprint density at radius 2 is 2.05 bits per heavy atom. The highest BCUT2D eigenvalue weighted by molar-refractivity contribution is 7.88. The van der Waals surface area contributed by atoms with Gasteiger partial charge in [-0.25, -0.2) is 22.7 Å². The summed E-state index contributed by atoms with van der Waals surface area (Å²) in [5.74, 6) is 2.12. The van der Waals surface area contributed by atoms with E-state index in [0.29, 0.717) is 19.0 Å². The summed E-state index contributed by atoms with van der Waals surface area (Å²) in [5.41, 5.74) is 2.44. The van der Waals surface area contributed by atoms with Crippen molar-refractivity contribution in [1.82, 2.24) is 14.3 Å². The number of sulfonamides is 1. The zero-order chi connectivity index (χ0) is 15.7. The summed E-state index contributed by atoms with van der Waals surface area (Å²) in [5, 5.41) is 3.45. The first kappa shape index (κ1) is 15.7. The topological polar surface area (TPSA) is 75.2 Å². The van der Waals surface area contributed by atoms with Crippen molar-refractivity contribution >= 4 is 15.8 Å². The van der Waals surface area contributed by atoms with Crippen molar-refractivity contribution in [3.63, 3.8) is 0 Å². The number of aromatic nitrogens is 2. The van der Waals surface area contributed by atoms with E-state index in [0.717, 1.165) is 37.4 Å². The normalized spacial score (nSPS) is 22.5. The van der Waals surface area contributed by atoms with E-state index in [-0.39, 0.29) is 0 Å². The number of nitrogens with one attached hydrogen (secondary N) is 1. The van der Waals surface area contributed by atoms with Gasteiger partial charge < -0.3 is 5.32 Å². The van der Waals surface area contributed by atoms with Gasteiger partial charge in [0.25, 0.3) is 0 Å². The zero-order valence-electron chi connectivity index (χ0n) is 13.3. The number of aryl methyl sites for hydroxylation is 2. The quantitative estimate of drug-likeness (QED) is 0.905. The minimum Gasteiger partial charge on any atom is -0.369 e. The summed E-state index contributed by atoms with van der Waals surface area (Å²) in [4.78, 5) is 9.12. The molecule has 1 fully saturated rings. The van der Waals surface area contributed by atoms with Crippen LogP contribution >= 0.6 is 0 Å². The van der Waals surface area contributed by atoms with Gasteiger partial charge in [-0.3, -0.25) is 0 Å². The molecule has 1 unspecified atom stereocenters. The van der Waals surface area contributed by atoms with Crippen molar-refractivity contribution in [2.45, 2.75) is 39.0 Å². The van der Waals surface area contributed by atoms with Gasteiger partial charge in [-0.2, -0.15) is 0 Å². The standard InChI is InChI=1S/C15H24N4O2S/c1-11-17-14-6-4-3-5-13(14)15(18-11)16-9-12-7-8-19(10-12)22(2,20)21/h12H,3-10H2,1-2H3,(H,16,17,18). The Labute approximate surface area is 132 Å². The molecule has 2 heterocycles. The van der Waals surface area contributed by atoms with E-state index in [1.165, 1.54) is 30.4 Å². The molecular weight excluding hydrogens is 300 g/mol. The molecule has 1 aliphatic heterocycles. The first-order chi connectivity index (χ1) is 10.4. The fourth-order valence-corrected chi connectivity index (χ4v) is 4.29. The van der Waals surface area contributed by atoms with E-state index in [2.05, 4.69) is 15.3 Å². The molecule has 0 radical (unpaired) electrons.